The lowest BCUT2D eigenvalue weighted by atomic mass is 9.81. The molecule has 0 amide bonds. The predicted molar refractivity (Wildman–Crippen MR) is 129 cm³/mol. The zero-order valence-corrected chi connectivity index (χ0v) is 18.6. The quantitative estimate of drug-likeness (QED) is 0.387. The number of thiophene rings is 1. The first-order valence-corrected chi connectivity index (χ1v) is 12.6. The van der Waals surface area contributed by atoms with Crippen LogP contribution >= 0.6 is 11.3 Å². The van der Waals surface area contributed by atoms with E-state index in [-0.39, 0.29) is 0 Å². The van der Waals surface area contributed by atoms with Crippen molar-refractivity contribution < 1.29 is 0 Å². The molecule has 0 bridgehead atoms. The molecule has 5 rings (SSSR count). The number of hydrogen-bond acceptors (Lipinski definition) is 3. The van der Waals surface area contributed by atoms with Gasteiger partial charge in [0.2, 0.25) is 0 Å². The Balaban J connectivity index is 1.31. The van der Waals surface area contributed by atoms with Gasteiger partial charge < -0.3 is 4.90 Å². The lowest BCUT2D eigenvalue weighted by molar-refractivity contribution is 0.308. The van der Waals surface area contributed by atoms with Gasteiger partial charge in [-0.05, 0) is 71.7 Å². The largest absolute Gasteiger partial charge is 0.377 e. The van der Waals surface area contributed by atoms with Gasteiger partial charge in [-0.2, -0.15) is 0 Å². The third-order valence-electron chi connectivity index (χ3n) is 7.10. The van der Waals surface area contributed by atoms with E-state index < -0.39 is 0 Å². The molecule has 3 heterocycles. The van der Waals surface area contributed by atoms with Crippen molar-refractivity contribution in [2.75, 3.05) is 13.1 Å². The monoisotopic (exact) mass is 416 g/mol. The summed E-state index contributed by atoms with van der Waals surface area (Å²) >= 11 is 1.87. The summed E-state index contributed by atoms with van der Waals surface area (Å²) in [5.41, 5.74) is 4.26. The summed E-state index contributed by atoms with van der Waals surface area (Å²) in [4.78, 5) is 7.35. The van der Waals surface area contributed by atoms with E-state index in [9.17, 15) is 0 Å². The van der Waals surface area contributed by atoms with Gasteiger partial charge in [-0.1, -0.05) is 49.9 Å². The lowest BCUT2D eigenvalue weighted by Gasteiger charge is -2.28. The van der Waals surface area contributed by atoms with Gasteiger partial charge in [-0.3, -0.25) is 4.98 Å². The Hall–Kier alpha value is -2.13. The average molecular weight is 417 g/mol. The van der Waals surface area contributed by atoms with Crippen LogP contribution in [0.3, 0.4) is 0 Å². The average Bonchev–Trinajstić information content (AvgIpc) is 3.38. The van der Waals surface area contributed by atoms with Crippen LogP contribution in [0.2, 0.25) is 0 Å². The van der Waals surface area contributed by atoms with Crippen LogP contribution in [-0.2, 0) is 0 Å². The molecule has 1 fully saturated rings. The van der Waals surface area contributed by atoms with Crippen LogP contribution in [-0.4, -0.2) is 23.0 Å². The highest BCUT2D eigenvalue weighted by Gasteiger charge is 2.26. The highest BCUT2D eigenvalue weighted by Crippen LogP contribution is 2.38. The first kappa shape index (κ1) is 19.8. The van der Waals surface area contributed by atoms with Gasteiger partial charge in [-0.15, -0.1) is 11.3 Å². The standard InChI is InChI=1S/C27H32N2S/c1-2-4-9-21(8-3-1)24(26-12-5-6-16-28-26)14-18-29-17-13-23(20-29)25-11-7-10-22-15-19-30-27(22)25/h5-7,10-12,15-16,19-21,24H,1-4,8-9,13-14,17-18H2. The van der Waals surface area contributed by atoms with E-state index in [1.54, 1.807) is 0 Å². The van der Waals surface area contributed by atoms with Gasteiger partial charge in [0.25, 0.3) is 0 Å². The van der Waals surface area contributed by atoms with Crippen LogP contribution in [0.15, 0.2) is 60.2 Å². The number of nitrogens with zero attached hydrogens (tertiary/aromatic N) is 2. The van der Waals surface area contributed by atoms with Crippen LogP contribution in [0, 0.1) is 5.92 Å². The van der Waals surface area contributed by atoms with E-state index in [4.69, 9.17) is 4.98 Å². The Kier molecular flexibility index (Phi) is 6.17. The molecule has 0 spiro atoms. The predicted octanol–water partition coefficient (Wildman–Crippen LogP) is 7.49. The van der Waals surface area contributed by atoms with E-state index in [0.29, 0.717) is 5.92 Å². The van der Waals surface area contributed by atoms with Gasteiger partial charge >= 0.3 is 0 Å². The van der Waals surface area contributed by atoms with E-state index in [1.165, 1.54) is 71.9 Å². The normalized spacial score (nSPS) is 19.1. The van der Waals surface area contributed by atoms with Gasteiger partial charge in [0.05, 0.1) is 0 Å². The van der Waals surface area contributed by atoms with Crippen LogP contribution in [0.5, 0.6) is 0 Å². The van der Waals surface area contributed by atoms with E-state index in [2.05, 4.69) is 52.9 Å². The third-order valence-corrected chi connectivity index (χ3v) is 8.06. The molecule has 0 saturated heterocycles. The molecule has 30 heavy (non-hydrogen) atoms. The Morgan fingerprint density at radius 2 is 1.90 bits per heavy atom. The summed E-state index contributed by atoms with van der Waals surface area (Å²) in [6, 6.07) is 15.5. The Morgan fingerprint density at radius 3 is 2.73 bits per heavy atom. The van der Waals surface area contributed by atoms with Crippen molar-refractivity contribution in [1.82, 2.24) is 9.88 Å². The highest BCUT2D eigenvalue weighted by molar-refractivity contribution is 7.17. The van der Waals surface area contributed by atoms with Crippen molar-refractivity contribution in [3.63, 3.8) is 0 Å². The van der Waals surface area contributed by atoms with Crippen LogP contribution in [0.25, 0.3) is 15.7 Å². The molecule has 2 nitrogen and oxygen atoms in total. The number of fused-ring (bicyclic) bond motifs is 1. The topological polar surface area (TPSA) is 16.1 Å². The molecular formula is C27H32N2S. The Labute approximate surface area is 184 Å². The maximum Gasteiger partial charge on any atom is 0.0437 e. The van der Waals surface area contributed by atoms with Crippen molar-refractivity contribution in [1.29, 1.82) is 0 Å². The highest BCUT2D eigenvalue weighted by atomic mass is 32.1. The first-order chi connectivity index (χ1) is 14.9. The smallest absolute Gasteiger partial charge is 0.0437 e. The summed E-state index contributed by atoms with van der Waals surface area (Å²) in [6.45, 7) is 2.29. The first-order valence-electron chi connectivity index (χ1n) is 11.7. The van der Waals surface area contributed by atoms with Crippen molar-refractivity contribution in [2.45, 2.75) is 57.3 Å². The Bertz CT molecular complexity index is 982. The van der Waals surface area contributed by atoms with Crippen LogP contribution in [0.4, 0.5) is 0 Å². The molecule has 0 N–H and O–H groups in total. The molecule has 2 aliphatic rings. The number of rotatable bonds is 6. The lowest BCUT2D eigenvalue weighted by Crippen LogP contribution is -2.22. The molecule has 1 aromatic carbocycles. The van der Waals surface area contributed by atoms with E-state index >= 15 is 0 Å². The zero-order valence-electron chi connectivity index (χ0n) is 17.8. The Morgan fingerprint density at radius 1 is 1.00 bits per heavy atom. The molecule has 3 aromatic rings. The fourth-order valence-corrected chi connectivity index (χ4v) is 6.43. The maximum absolute atomic E-state index is 4.79. The van der Waals surface area contributed by atoms with Gasteiger partial charge in [0, 0.05) is 41.8 Å². The van der Waals surface area contributed by atoms with Gasteiger partial charge in [0.1, 0.15) is 0 Å². The summed E-state index contributed by atoms with van der Waals surface area (Å²) in [7, 11) is 0. The number of aromatic nitrogens is 1. The molecule has 156 valence electrons. The fraction of sp³-hybridized carbons (Fsp3) is 0.444. The van der Waals surface area contributed by atoms with E-state index in [1.807, 2.05) is 23.6 Å². The second-order valence-electron chi connectivity index (χ2n) is 8.99. The SMILES string of the molecule is C1=C(c2cccc3ccsc23)CCN1CCC(c1ccccn1)C1CCCCCC1. The minimum atomic E-state index is 0.600. The minimum absolute atomic E-state index is 0.600. The van der Waals surface area contributed by atoms with Crippen LogP contribution in [0.1, 0.15) is 68.5 Å². The molecule has 1 atom stereocenters. The van der Waals surface area contributed by atoms with Crippen LogP contribution < -0.4 is 0 Å². The minimum Gasteiger partial charge on any atom is -0.377 e. The molecular weight excluding hydrogens is 384 g/mol. The molecule has 3 heteroatoms. The number of hydrogen-bond donors (Lipinski definition) is 0. The second-order valence-corrected chi connectivity index (χ2v) is 9.90. The number of pyridine rings is 1. The van der Waals surface area contributed by atoms with Crippen molar-refractivity contribution >= 4 is 27.0 Å². The zero-order chi connectivity index (χ0) is 20.2. The van der Waals surface area contributed by atoms with Gasteiger partial charge in [-0.25, -0.2) is 0 Å². The van der Waals surface area contributed by atoms with Crippen molar-refractivity contribution in [3.05, 3.63) is 71.5 Å². The summed E-state index contributed by atoms with van der Waals surface area (Å²) in [5, 5.41) is 3.59. The van der Waals surface area contributed by atoms with Gasteiger partial charge in [0.15, 0.2) is 0 Å². The number of benzene rings is 1. The molecule has 0 radical (unpaired) electrons. The third kappa shape index (κ3) is 4.32. The molecule has 1 aliphatic heterocycles. The second kappa shape index (κ2) is 9.34. The van der Waals surface area contributed by atoms with Crippen molar-refractivity contribution in [3.8, 4) is 0 Å². The van der Waals surface area contributed by atoms with E-state index in [0.717, 1.165) is 25.4 Å². The summed E-state index contributed by atoms with van der Waals surface area (Å²) < 4.78 is 1.44. The molecule has 2 aromatic heterocycles. The maximum atomic E-state index is 4.79. The summed E-state index contributed by atoms with van der Waals surface area (Å²) in [5.74, 6) is 1.40. The van der Waals surface area contributed by atoms with Crippen molar-refractivity contribution in [2.24, 2.45) is 5.92 Å². The summed E-state index contributed by atoms with van der Waals surface area (Å²) in [6.07, 6.45) is 15.2. The molecule has 1 unspecified atom stereocenters. The fourth-order valence-electron chi connectivity index (χ4n) is 5.48. The molecule has 1 saturated carbocycles. The molecule has 1 aliphatic carbocycles.